The molecule has 86 valence electrons. The molecular weight excluding hydrogens is 202 g/mol. The van der Waals surface area contributed by atoms with Crippen LogP contribution in [0.2, 0.25) is 0 Å². The van der Waals surface area contributed by atoms with Gasteiger partial charge in [-0.25, -0.2) is 9.97 Å². The lowest BCUT2D eigenvalue weighted by Gasteiger charge is -2.02. The van der Waals surface area contributed by atoms with Gasteiger partial charge in [-0.3, -0.25) is 4.68 Å². The molecule has 0 bridgehead atoms. The fourth-order valence-electron chi connectivity index (χ4n) is 1.73. The normalized spacial score (nSPS) is 10.9. The number of aromatic nitrogens is 5. The average molecular weight is 219 g/mol. The maximum Gasteiger partial charge on any atom is 0.170 e. The maximum atomic E-state index is 4.45. The minimum atomic E-state index is 0.705. The Balaban J connectivity index is 2.19. The van der Waals surface area contributed by atoms with Gasteiger partial charge < -0.3 is 4.57 Å². The molecule has 0 saturated carbocycles. The summed E-state index contributed by atoms with van der Waals surface area (Å²) in [6, 6.07) is 0. The molecule has 16 heavy (non-hydrogen) atoms. The monoisotopic (exact) mass is 219 g/mol. The van der Waals surface area contributed by atoms with Crippen LogP contribution in [-0.4, -0.2) is 24.3 Å². The fraction of sp³-hybridized carbons (Fsp3) is 0.545. The highest BCUT2D eigenvalue weighted by Crippen LogP contribution is 2.05. The topological polar surface area (TPSA) is 48.5 Å². The van der Waals surface area contributed by atoms with Crippen LogP contribution in [0.5, 0.6) is 0 Å². The third kappa shape index (κ3) is 2.13. The van der Waals surface area contributed by atoms with Crippen LogP contribution < -0.4 is 0 Å². The summed E-state index contributed by atoms with van der Waals surface area (Å²) in [5, 5.41) is 4.37. The molecule has 2 aromatic rings. The molecule has 0 aliphatic heterocycles. The fourth-order valence-corrected chi connectivity index (χ4v) is 1.73. The van der Waals surface area contributed by atoms with E-state index in [1.807, 2.05) is 17.8 Å². The van der Waals surface area contributed by atoms with E-state index in [1.54, 1.807) is 6.33 Å². The largest absolute Gasteiger partial charge is 0.327 e. The van der Waals surface area contributed by atoms with Gasteiger partial charge in [-0.2, -0.15) is 5.10 Å². The molecule has 0 N–H and O–H groups in total. The average Bonchev–Trinajstić information content (AvgIpc) is 2.85. The van der Waals surface area contributed by atoms with E-state index in [0.29, 0.717) is 6.54 Å². The lowest BCUT2D eigenvalue weighted by molar-refractivity contribution is 0.629. The molecule has 0 radical (unpaired) electrons. The zero-order chi connectivity index (χ0) is 11.5. The summed E-state index contributed by atoms with van der Waals surface area (Å²) >= 11 is 0. The second-order valence-corrected chi connectivity index (χ2v) is 3.80. The maximum absolute atomic E-state index is 4.45. The third-order valence-electron chi connectivity index (χ3n) is 2.52. The SMILES string of the molecule is CCc1nc(C)cn1Cc1ncn(CC)n1. The van der Waals surface area contributed by atoms with E-state index in [1.165, 1.54) is 0 Å². The van der Waals surface area contributed by atoms with Gasteiger partial charge in [-0.05, 0) is 13.8 Å². The molecule has 2 aromatic heterocycles. The van der Waals surface area contributed by atoms with Crippen LogP contribution in [0.1, 0.15) is 31.2 Å². The Bertz CT molecular complexity index is 468. The quantitative estimate of drug-likeness (QED) is 0.781. The predicted molar refractivity (Wildman–Crippen MR) is 61.1 cm³/mol. The summed E-state index contributed by atoms with van der Waals surface area (Å²) in [6.07, 6.45) is 4.75. The summed E-state index contributed by atoms with van der Waals surface area (Å²) in [6.45, 7) is 7.73. The molecule has 0 aliphatic rings. The Morgan fingerprint density at radius 2 is 2.12 bits per heavy atom. The van der Waals surface area contributed by atoms with Gasteiger partial charge >= 0.3 is 0 Å². The van der Waals surface area contributed by atoms with E-state index in [9.17, 15) is 0 Å². The molecule has 2 heterocycles. The van der Waals surface area contributed by atoms with Crippen LogP contribution in [0, 0.1) is 6.92 Å². The van der Waals surface area contributed by atoms with E-state index >= 15 is 0 Å². The van der Waals surface area contributed by atoms with Crippen molar-refractivity contribution in [1.82, 2.24) is 24.3 Å². The Labute approximate surface area is 95.1 Å². The first-order valence-corrected chi connectivity index (χ1v) is 5.64. The molecule has 2 rings (SSSR count). The van der Waals surface area contributed by atoms with Crippen LogP contribution >= 0.6 is 0 Å². The highest BCUT2D eigenvalue weighted by atomic mass is 15.3. The number of hydrogen-bond donors (Lipinski definition) is 0. The van der Waals surface area contributed by atoms with Crippen LogP contribution in [0.3, 0.4) is 0 Å². The number of hydrogen-bond acceptors (Lipinski definition) is 3. The molecule has 5 nitrogen and oxygen atoms in total. The van der Waals surface area contributed by atoms with Gasteiger partial charge in [0, 0.05) is 19.2 Å². The van der Waals surface area contributed by atoms with Crippen LogP contribution in [-0.2, 0) is 19.5 Å². The molecule has 0 atom stereocenters. The van der Waals surface area contributed by atoms with E-state index < -0.39 is 0 Å². The first-order chi connectivity index (χ1) is 7.72. The minimum Gasteiger partial charge on any atom is -0.327 e. The highest BCUT2D eigenvalue weighted by molar-refractivity contribution is 5.04. The molecule has 0 amide bonds. The van der Waals surface area contributed by atoms with Gasteiger partial charge in [0.2, 0.25) is 0 Å². The standard InChI is InChI=1S/C11H17N5/c1-4-11-13-9(3)6-15(11)7-10-12-8-16(5-2)14-10/h6,8H,4-5,7H2,1-3H3. The second kappa shape index (κ2) is 4.47. The summed E-state index contributed by atoms with van der Waals surface area (Å²) in [7, 11) is 0. The van der Waals surface area contributed by atoms with E-state index in [-0.39, 0.29) is 0 Å². The van der Waals surface area contributed by atoms with Gasteiger partial charge in [0.05, 0.1) is 12.2 Å². The Morgan fingerprint density at radius 3 is 2.75 bits per heavy atom. The summed E-state index contributed by atoms with van der Waals surface area (Å²) in [5.74, 6) is 1.93. The zero-order valence-electron chi connectivity index (χ0n) is 10.0. The zero-order valence-corrected chi connectivity index (χ0v) is 10.0. The van der Waals surface area contributed by atoms with Crippen LogP contribution in [0.25, 0.3) is 0 Å². The van der Waals surface area contributed by atoms with Crippen molar-refractivity contribution in [2.24, 2.45) is 0 Å². The van der Waals surface area contributed by atoms with E-state index in [2.05, 4.69) is 33.5 Å². The van der Waals surface area contributed by atoms with E-state index in [4.69, 9.17) is 0 Å². The summed E-state index contributed by atoms with van der Waals surface area (Å²) in [5.41, 5.74) is 1.05. The van der Waals surface area contributed by atoms with Crippen molar-refractivity contribution in [1.29, 1.82) is 0 Å². The summed E-state index contributed by atoms with van der Waals surface area (Å²) < 4.78 is 3.95. The molecule has 0 aromatic carbocycles. The molecule has 0 unspecified atom stereocenters. The van der Waals surface area contributed by atoms with Gasteiger partial charge in [0.15, 0.2) is 5.82 Å². The van der Waals surface area contributed by atoms with Crippen molar-refractivity contribution in [3.05, 3.63) is 29.9 Å². The van der Waals surface area contributed by atoms with Gasteiger partial charge in [0.1, 0.15) is 12.2 Å². The Morgan fingerprint density at radius 1 is 1.31 bits per heavy atom. The van der Waals surface area contributed by atoms with Crippen molar-refractivity contribution in [2.45, 2.75) is 40.3 Å². The first-order valence-electron chi connectivity index (χ1n) is 5.64. The lowest BCUT2D eigenvalue weighted by atomic mass is 10.4. The van der Waals surface area contributed by atoms with Crippen LogP contribution in [0.4, 0.5) is 0 Å². The first kappa shape index (κ1) is 10.9. The van der Waals surface area contributed by atoms with E-state index in [0.717, 1.165) is 30.3 Å². The molecule has 5 heteroatoms. The molecule has 0 fully saturated rings. The second-order valence-electron chi connectivity index (χ2n) is 3.80. The number of imidazole rings is 1. The lowest BCUT2D eigenvalue weighted by Crippen LogP contribution is -2.05. The molecule has 0 aliphatic carbocycles. The van der Waals surface area contributed by atoms with Crippen molar-refractivity contribution in [2.75, 3.05) is 0 Å². The number of aryl methyl sites for hydroxylation is 3. The van der Waals surface area contributed by atoms with Gasteiger partial charge in [-0.1, -0.05) is 6.92 Å². The molecule has 0 spiro atoms. The Kier molecular flexibility index (Phi) is 3.03. The minimum absolute atomic E-state index is 0.705. The predicted octanol–water partition coefficient (Wildman–Crippen LogP) is 1.41. The number of rotatable bonds is 4. The van der Waals surface area contributed by atoms with Gasteiger partial charge in [0.25, 0.3) is 0 Å². The summed E-state index contributed by atoms with van der Waals surface area (Å²) in [4.78, 5) is 8.72. The Hall–Kier alpha value is -1.65. The molecular formula is C11H17N5. The number of nitrogens with zero attached hydrogens (tertiary/aromatic N) is 5. The third-order valence-corrected chi connectivity index (χ3v) is 2.52. The molecule has 0 saturated heterocycles. The van der Waals surface area contributed by atoms with Crippen LogP contribution in [0.15, 0.2) is 12.5 Å². The highest BCUT2D eigenvalue weighted by Gasteiger charge is 2.06. The van der Waals surface area contributed by atoms with Crippen molar-refractivity contribution < 1.29 is 0 Å². The van der Waals surface area contributed by atoms with Crippen molar-refractivity contribution in [3.63, 3.8) is 0 Å². The van der Waals surface area contributed by atoms with Crippen molar-refractivity contribution in [3.8, 4) is 0 Å². The smallest absolute Gasteiger partial charge is 0.170 e. The van der Waals surface area contributed by atoms with Gasteiger partial charge in [-0.15, -0.1) is 0 Å². The van der Waals surface area contributed by atoms with Crippen molar-refractivity contribution >= 4 is 0 Å².